The second kappa shape index (κ2) is 9.79. The minimum atomic E-state index is -0.827. The lowest BCUT2D eigenvalue weighted by molar-refractivity contribution is -0.135. The van der Waals surface area contributed by atoms with Crippen LogP contribution in [0.2, 0.25) is 0 Å². The summed E-state index contributed by atoms with van der Waals surface area (Å²) < 4.78 is 6.79. The van der Waals surface area contributed by atoms with Gasteiger partial charge in [0.2, 0.25) is 17.7 Å². The van der Waals surface area contributed by atoms with Gasteiger partial charge in [0, 0.05) is 12.5 Å². The molecule has 1 fully saturated rings. The maximum absolute atomic E-state index is 13.3. The van der Waals surface area contributed by atoms with E-state index in [4.69, 9.17) is 10.5 Å². The number of carbonyl (C=O) groups is 3. The number of rotatable bonds is 7. The molecule has 1 atom stereocenters. The van der Waals surface area contributed by atoms with E-state index < -0.39 is 23.4 Å². The number of benzene rings is 1. The van der Waals surface area contributed by atoms with E-state index in [9.17, 15) is 19.2 Å². The number of imide groups is 1. The van der Waals surface area contributed by atoms with Crippen LogP contribution in [0.15, 0.2) is 41.2 Å². The molecule has 0 radical (unpaired) electrons. The van der Waals surface area contributed by atoms with Gasteiger partial charge < -0.3 is 15.8 Å². The number of anilines is 1. The summed E-state index contributed by atoms with van der Waals surface area (Å²) in [4.78, 5) is 58.6. The fourth-order valence-corrected chi connectivity index (χ4v) is 3.79. The number of hydrogen-bond donors (Lipinski definition) is 3. The van der Waals surface area contributed by atoms with E-state index in [0.717, 1.165) is 0 Å². The molecule has 34 heavy (non-hydrogen) atoms. The van der Waals surface area contributed by atoms with Crippen LogP contribution in [-0.4, -0.2) is 45.4 Å². The predicted octanol–water partition coefficient (Wildman–Crippen LogP) is 1.06. The highest BCUT2D eigenvalue weighted by molar-refractivity contribution is 6.07. The van der Waals surface area contributed by atoms with E-state index in [1.165, 1.54) is 4.57 Å². The summed E-state index contributed by atoms with van der Waals surface area (Å²) >= 11 is 0. The number of ether oxygens (including phenoxy) is 1. The standard InChI is InChI=1S/C23H24N6O5/c1-13-25-20-14(23(33)29(13)17-9-10-18(30)28-22(17)32)5-2-6-15(20)27-21(31)16-7-3-8-19(26-16)34-12-4-11-24/h2-3,5-8,17H,4,9-12,24H2,1H3,(H,27,31)(H,28,30,32). The van der Waals surface area contributed by atoms with E-state index in [1.807, 2.05) is 0 Å². The molecule has 4 N–H and O–H groups in total. The Kier molecular flexibility index (Phi) is 6.64. The van der Waals surface area contributed by atoms with Crippen LogP contribution in [0.25, 0.3) is 10.9 Å². The molecule has 1 saturated heterocycles. The van der Waals surface area contributed by atoms with Crippen molar-refractivity contribution in [1.29, 1.82) is 0 Å². The minimum absolute atomic E-state index is 0.135. The smallest absolute Gasteiger partial charge is 0.274 e. The van der Waals surface area contributed by atoms with Gasteiger partial charge in [-0.05, 0) is 44.5 Å². The summed E-state index contributed by atoms with van der Waals surface area (Å²) in [6.45, 7) is 2.48. The minimum Gasteiger partial charge on any atom is -0.478 e. The Balaban J connectivity index is 1.64. The van der Waals surface area contributed by atoms with Gasteiger partial charge in [-0.2, -0.15) is 0 Å². The zero-order valence-corrected chi connectivity index (χ0v) is 18.5. The molecule has 0 saturated carbocycles. The van der Waals surface area contributed by atoms with Gasteiger partial charge in [-0.3, -0.25) is 29.1 Å². The number of amides is 3. The Morgan fingerprint density at radius 2 is 2.00 bits per heavy atom. The summed E-state index contributed by atoms with van der Waals surface area (Å²) in [5.41, 5.74) is 5.78. The van der Waals surface area contributed by atoms with Gasteiger partial charge in [0.05, 0.1) is 17.7 Å². The number of nitrogens with two attached hydrogens (primary N) is 1. The zero-order valence-electron chi connectivity index (χ0n) is 18.5. The molecule has 3 heterocycles. The molecular weight excluding hydrogens is 440 g/mol. The first-order valence-electron chi connectivity index (χ1n) is 10.9. The van der Waals surface area contributed by atoms with Gasteiger partial charge >= 0.3 is 0 Å². The van der Waals surface area contributed by atoms with Crippen molar-refractivity contribution < 1.29 is 19.1 Å². The van der Waals surface area contributed by atoms with Crippen molar-refractivity contribution in [3.05, 3.63) is 58.3 Å². The monoisotopic (exact) mass is 464 g/mol. The number of para-hydroxylation sites is 1. The van der Waals surface area contributed by atoms with Crippen LogP contribution in [0, 0.1) is 6.92 Å². The van der Waals surface area contributed by atoms with Crippen molar-refractivity contribution in [2.24, 2.45) is 5.73 Å². The summed E-state index contributed by atoms with van der Waals surface area (Å²) in [5, 5.41) is 5.25. The third-order valence-electron chi connectivity index (χ3n) is 5.43. The van der Waals surface area contributed by atoms with E-state index in [1.54, 1.807) is 43.3 Å². The van der Waals surface area contributed by atoms with Crippen molar-refractivity contribution in [3.63, 3.8) is 0 Å². The van der Waals surface area contributed by atoms with Gasteiger partial charge in [-0.15, -0.1) is 0 Å². The summed E-state index contributed by atoms with van der Waals surface area (Å²) in [7, 11) is 0. The van der Waals surface area contributed by atoms with Crippen LogP contribution in [-0.2, 0) is 9.59 Å². The van der Waals surface area contributed by atoms with Gasteiger partial charge in [-0.25, -0.2) is 9.97 Å². The molecule has 0 bridgehead atoms. The largest absolute Gasteiger partial charge is 0.478 e. The van der Waals surface area contributed by atoms with Crippen molar-refractivity contribution >= 4 is 34.3 Å². The van der Waals surface area contributed by atoms with E-state index in [-0.39, 0.29) is 35.3 Å². The Labute approximate surface area is 194 Å². The first kappa shape index (κ1) is 23.1. The average Bonchev–Trinajstić information content (AvgIpc) is 2.81. The number of piperidine rings is 1. The maximum atomic E-state index is 13.3. The van der Waals surface area contributed by atoms with Crippen LogP contribution < -0.4 is 26.7 Å². The second-order valence-electron chi connectivity index (χ2n) is 7.81. The number of nitrogens with one attached hydrogen (secondary N) is 2. The van der Waals surface area contributed by atoms with Crippen molar-refractivity contribution in [2.75, 3.05) is 18.5 Å². The molecule has 0 aliphatic carbocycles. The molecule has 1 aliphatic heterocycles. The third-order valence-corrected chi connectivity index (χ3v) is 5.43. The van der Waals surface area contributed by atoms with Crippen LogP contribution in [0.1, 0.15) is 41.6 Å². The number of fused-ring (bicyclic) bond motifs is 1. The normalized spacial score (nSPS) is 15.8. The molecule has 4 rings (SSSR count). The highest BCUT2D eigenvalue weighted by Crippen LogP contribution is 2.24. The SMILES string of the molecule is Cc1nc2c(NC(=O)c3cccc(OCCCN)n3)cccc2c(=O)n1C1CCC(=O)NC1=O. The Hall–Kier alpha value is -4.12. The number of carbonyl (C=O) groups excluding carboxylic acids is 3. The fraction of sp³-hybridized carbons (Fsp3) is 0.304. The van der Waals surface area contributed by atoms with Crippen LogP contribution >= 0.6 is 0 Å². The molecule has 11 heteroatoms. The Bertz CT molecular complexity index is 1340. The van der Waals surface area contributed by atoms with E-state index in [2.05, 4.69) is 20.6 Å². The maximum Gasteiger partial charge on any atom is 0.274 e. The number of aromatic nitrogens is 3. The summed E-state index contributed by atoms with van der Waals surface area (Å²) in [6, 6.07) is 8.84. The molecule has 2 aromatic heterocycles. The molecule has 1 aliphatic rings. The first-order valence-corrected chi connectivity index (χ1v) is 10.9. The van der Waals surface area contributed by atoms with Crippen LogP contribution in [0.5, 0.6) is 5.88 Å². The van der Waals surface area contributed by atoms with Crippen molar-refractivity contribution in [3.8, 4) is 5.88 Å². The van der Waals surface area contributed by atoms with Gasteiger partial charge in [0.25, 0.3) is 11.5 Å². The highest BCUT2D eigenvalue weighted by Gasteiger charge is 2.30. The second-order valence-corrected chi connectivity index (χ2v) is 7.81. The summed E-state index contributed by atoms with van der Waals surface area (Å²) in [5.74, 6) is -0.798. The van der Waals surface area contributed by atoms with Crippen molar-refractivity contribution in [2.45, 2.75) is 32.2 Å². The molecule has 1 aromatic carbocycles. The topological polar surface area (TPSA) is 158 Å². The van der Waals surface area contributed by atoms with E-state index in [0.29, 0.717) is 37.0 Å². The lowest BCUT2D eigenvalue weighted by atomic mass is 10.1. The molecular formula is C23H24N6O5. The Morgan fingerprint density at radius 3 is 2.76 bits per heavy atom. The predicted molar refractivity (Wildman–Crippen MR) is 124 cm³/mol. The highest BCUT2D eigenvalue weighted by atomic mass is 16.5. The molecule has 1 unspecified atom stereocenters. The van der Waals surface area contributed by atoms with Crippen molar-refractivity contribution in [1.82, 2.24) is 19.9 Å². The first-order chi connectivity index (χ1) is 16.4. The molecule has 3 aromatic rings. The number of aryl methyl sites for hydroxylation is 1. The van der Waals surface area contributed by atoms with Gasteiger partial charge in [-0.1, -0.05) is 12.1 Å². The molecule has 3 amide bonds. The molecule has 176 valence electrons. The number of pyridine rings is 1. The van der Waals surface area contributed by atoms with Crippen LogP contribution in [0.4, 0.5) is 5.69 Å². The quantitative estimate of drug-likeness (QED) is 0.346. The van der Waals surface area contributed by atoms with E-state index >= 15 is 0 Å². The fourth-order valence-electron chi connectivity index (χ4n) is 3.79. The lowest BCUT2D eigenvalue weighted by Gasteiger charge is -2.24. The lowest BCUT2D eigenvalue weighted by Crippen LogP contribution is -2.45. The summed E-state index contributed by atoms with van der Waals surface area (Å²) in [6.07, 6.45) is 1.01. The van der Waals surface area contributed by atoms with Crippen LogP contribution in [0.3, 0.4) is 0 Å². The zero-order chi connectivity index (χ0) is 24.2. The van der Waals surface area contributed by atoms with Gasteiger partial charge in [0.15, 0.2) is 0 Å². The third kappa shape index (κ3) is 4.64. The Morgan fingerprint density at radius 1 is 1.21 bits per heavy atom. The number of hydrogen-bond acceptors (Lipinski definition) is 8. The number of nitrogens with zero attached hydrogens (tertiary/aromatic N) is 3. The average molecular weight is 464 g/mol. The molecule has 0 spiro atoms. The molecule has 11 nitrogen and oxygen atoms in total. The van der Waals surface area contributed by atoms with Gasteiger partial charge in [0.1, 0.15) is 23.1 Å².